The molecule has 1 aromatic carbocycles. The second kappa shape index (κ2) is 5.09. The minimum atomic E-state index is -0.151. The van der Waals surface area contributed by atoms with Crippen LogP contribution in [0.15, 0.2) is 36.4 Å². The summed E-state index contributed by atoms with van der Waals surface area (Å²) in [5, 5.41) is 12.2. The molecule has 4 heteroatoms. The van der Waals surface area contributed by atoms with Crippen molar-refractivity contribution in [3.63, 3.8) is 0 Å². The Morgan fingerprint density at radius 2 is 1.81 bits per heavy atom. The molecular formula is C12H12FNOS. The third-order valence-electron chi connectivity index (χ3n) is 2.19. The van der Waals surface area contributed by atoms with Gasteiger partial charge in [-0.05, 0) is 29.8 Å². The number of aromatic hydroxyl groups is 1. The summed E-state index contributed by atoms with van der Waals surface area (Å²) in [6.45, 7) is 1.37. The summed E-state index contributed by atoms with van der Waals surface area (Å²) >= 11 is 1.16. The van der Waals surface area contributed by atoms with Crippen LogP contribution in [-0.4, -0.2) is 5.11 Å². The molecule has 84 valence electrons. The zero-order valence-electron chi connectivity index (χ0n) is 8.61. The summed E-state index contributed by atoms with van der Waals surface area (Å²) in [6.07, 6.45) is 0. The fourth-order valence-corrected chi connectivity index (χ4v) is 2.09. The Labute approximate surface area is 97.4 Å². The Hall–Kier alpha value is -1.39. The minimum absolute atomic E-state index is 0.151. The van der Waals surface area contributed by atoms with E-state index in [9.17, 15) is 4.39 Å². The van der Waals surface area contributed by atoms with Crippen molar-refractivity contribution in [1.82, 2.24) is 5.32 Å². The highest BCUT2D eigenvalue weighted by atomic mass is 32.1. The quantitative estimate of drug-likeness (QED) is 0.857. The van der Waals surface area contributed by atoms with Gasteiger partial charge in [0.25, 0.3) is 0 Å². The topological polar surface area (TPSA) is 32.3 Å². The first kappa shape index (κ1) is 11.1. The third kappa shape index (κ3) is 3.05. The van der Waals surface area contributed by atoms with Gasteiger partial charge >= 0.3 is 0 Å². The monoisotopic (exact) mass is 237 g/mol. The molecule has 0 amide bonds. The smallest absolute Gasteiger partial charge is 0.176 e. The Morgan fingerprint density at radius 3 is 2.44 bits per heavy atom. The highest BCUT2D eigenvalue weighted by molar-refractivity contribution is 7.10. The van der Waals surface area contributed by atoms with E-state index in [0.717, 1.165) is 21.8 Å². The second-order valence-corrected chi connectivity index (χ2v) is 4.59. The zero-order valence-corrected chi connectivity index (χ0v) is 9.43. The van der Waals surface area contributed by atoms with Crippen molar-refractivity contribution in [3.05, 3.63) is 52.0 Å². The summed E-state index contributed by atoms with van der Waals surface area (Å²) in [5.74, 6) is 0.268. The maximum atomic E-state index is 12.7. The van der Waals surface area contributed by atoms with Gasteiger partial charge in [-0.2, -0.15) is 4.39 Å². The molecule has 0 bridgehead atoms. The van der Waals surface area contributed by atoms with E-state index >= 15 is 0 Å². The van der Waals surface area contributed by atoms with Crippen LogP contribution in [0.25, 0.3) is 0 Å². The van der Waals surface area contributed by atoms with Crippen molar-refractivity contribution in [3.8, 4) is 5.75 Å². The van der Waals surface area contributed by atoms with Gasteiger partial charge in [-0.1, -0.05) is 12.1 Å². The first-order valence-corrected chi connectivity index (χ1v) is 5.78. The van der Waals surface area contributed by atoms with E-state index in [-0.39, 0.29) is 10.9 Å². The van der Waals surface area contributed by atoms with Gasteiger partial charge in [0.1, 0.15) is 5.75 Å². The van der Waals surface area contributed by atoms with Crippen molar-refractivity contribution in [2.75, 3.05) is 0 Å². The number of phenolic OH excluding ortho intramolecular Hbond substituents is 1. The van der Waals surface area contributed by atoms with Crippen molar-refractivity contribution in [2.45, 2.75) is 13.1 Å². The molecule has 0 saturated heterocycles. The molecule has 0 fully saturated rings. The standard InChI is InChI=1S/C12H12FNOS/c13-12-6-5-11(16-12)8-14-7-9-1-3-10(15)4-2-9/h1-6,14-15H,7-8H2. The van der Waals surface area contributed by atoms with Crippen molar-refractivity contribution < 1.29 is 9.50 Å². The zero-order chi connectivity index (χ0) is 11.4. The van der Waals surface area contributed by atoms with Crippen LogP contribution in [0.4, 0.5) is 4.39 Å². The van der Waals surface area contributed by atoms with E-state index in [2.05, 4.69) is 5.32 Å². The number of phenols is 1. The van der Waals surface area contributed by atoms with Crippen LogP contribution in [0.3, 0.4) is 0 Å². The number of hydrogen-bond acceptors (Lipinski definition) is 3. The van der Waals surface area contributed by atoms with Crippen LogP contribution in [0.5, 0.6) is 5.75 Å². The lowest BCUT2D eigenvalue weighted by Crippen LogP contribution is -2.11. The normalized spacial score (nSPS) is 10.6. The van der Waals surface area contributed by atoms with E-state index in [1.165, 1.54) is 6.07 Å². The fraction of sp³-hybridized carbons (Fsp3) is 0.167. The molecule has 0 aliphatic carbocycles. The summed E-state index contributed by atoms with van der Waals surface area (Å²) in [4.78, 5) is 0.983. The van der Waals surface area contributed by atoms with Crippen LogP contribution >= 0.6 is 11.3 Å². The molecule has 2 nitrogen and oxygen atoms in total. The van der Waals surface area contributed by atoms with E-state index in [4.69, 9.17) is 5.11 Å². The largest absolute Gasteiger partial charge is 0.508 e. The highest BCUT2D eigenvalue weighted by Gasteiger charge is 1.98. The average Bonchev–Trinajstić information content (AvgIpc) is 2.67. The van der Waals surface area contributed by atoms with Crippen molar-refractivity contribution >= 4 is 11.3 Å². The molecule has 0 spiro atoms. The molecule has 2 N–H and O–H groups in total. The molecule has 2 rings (SSSR count). The Bertz CT molecular complexity index is 452. The average molecular weight is 237 g/mol. The fourth-order valence-electron chi connectivity index (χ4n) is 1.39. The van der Waals surface area contributed by atoms with E-state index < -0.39 is 0 Å². The number of nitrogens with one attached hydrogen (secondary N) is 1. The molecule has 0 aliphatic heterocycles. The van der Waals surface area contributed by atoms with Crippen molar-refractivity contribution in [2.24, 2.45) is 0 Å². The number of halogens is 1. The number of thiophene rings is 1. The highest BCUT2D eigenvalue weighted by Crippen LogP contribution is 2.14. The summed E-state index contributed by atoms with van der Waals surface area (Å²) in [7, 11) is 0. The van der Waals surface area contributed by atoms with Crippen LogP contribution in [-0.2, 0) is 13.1 Å². The maximum Gasteiger partial charge on any atom is 0.176 e. The van der Waals surface area contributed by atoms with Gasteiger partial charge in [0.2, 0.25) is 0 Å². The third-order valence-corrected chi connectivity index (χ3v) is 3.07. The predicted molar refractivity (Wildman–Crippen MR) is 62.9 cm³/mol. The molecular weight excluding hydrogens is 225 g/mol. The van der Waals surface area contributed by atoms with Crippen LogP contribution in [0.1, 0.15) is 10.4 Å². The Kier molecular flexibility index (Phi) is 3.54. The lowest BCUT2D eigenvalue weighted by molar-refractivity contribution is 0.475. The summed E-state index contributed by atoms with van der Waals surface area (Å²) in [5.41, 5.74) is 1.09. The van der Waals surface area contributed by atoms with Crippen molar-refractivity contribution in [1.29, 1.82) is 0 Å². The molecule has 0 atom stereocenters. The van der Waals surface area contributed by atoms with Gasteiger partial charge in [0.15, 0.2) is 5.13 Å². The van der Waals surface area contributed by atoms with Gasteiger partial charge in [0, 0.05) is 18.0 Å². The molecule has 0 saturated carbocycles. The molecule has 1 aromatic heterocycles. The lowest BCUT2D eigenvalue weighted by Gasteiger charge is -2.03. The predicted octanol–water partition coefficient (Wildman–Crippen LogP) is 2.88. The Morgan fingerprint density at radius 1 is 1.06 bits per heavy atom. The molecule has 0 radical (unpaired) electrons. The maximum absolute atomic E-state index is 12.7. The summed E-state index contributed by atoms with van der Waals surface area (Å²) in [6, 6.07) is 10.3. The first-order valence-electron chi connectivity index (χ1n) is 4.97. The molecule has 16 heavy (non-hydrogen) atoms. The van der Waals surface area contributed by atoms with Gasteiger partial charge < -0.3 is 10.4 Å². The number of hydrogen-bond donors (Lipinski definition) is 2. The Balaban J connectivity index is 1.82. The molecule has 0 unspecified atom stereocenters. The van der Waals surface area contributed by atoms with Crippen LogP contribution in [0, 0.1) is 5.13 Å². The van der Waals surface area contributed by atoms with E-state index in [1.807, 2.05) is 12.1 Å². The van der Waals surface area contributed by atoms with E-state index in [1.54, 1.807) is 18.2 Å². The number of benzene rings is 1. The minimum Gasteiger partial charge on any atom is -0.508 e. The van der Waals surface area contributed by atoms with Gasteiger partial charge in [-0.25, -0.2) is 0 Å². The molecule has 2 aromatic rings. The van der Waals surface area contributed by atoms with Crippen LogP contribution < -0.4 is 5.32 Å². The van der Waals surface area contributed by atoms with Gasteiger partial charge in [0.05, 0.1) is 0 Å². The van der Waals surface area contributed by atoms with Crippen LogP contribution in [0.2, 0.25) is 0 Å². The molecule has 0 aliphatic rings. The van der Waals surface area contributed by atoms with E-state index in [0.29, 0.717) is 13.1 Å². The SMILES string of the molecule is Oc1ccc(CNCc2ccc(F)s2)cc1. The summed E-state index contributed by atoms with van der Waals surface area (Å²) < 4.78 is 12.7. The lowest BCUT2D eigenvalue weighted by atomic mass is 10.2. The first-order chi connectivity index (χ1) is 7.74. The molecule has 1 heterocycles. The van der Waals surface area contributed by atoms with Gasteiger partial charge in [-0.3, -0.25) is 0 Å². The second-order valence-electron chi connectivity index (χ2n) is 3.48. The number of rotatable bonds is 4. The van der Waals surface area contributed by atoms with Gasteiger partial charge in [-0.15, -0.1) is 11.3 Å².